The third kappa shape index (κ3) is 1.57. The molecule has 4 heteroatoms. The monoisotopic (exact) mass is 238 g/mol. The van der Waals surface area contributed by atoms with Gasteiger partial charge in [-0.25, -0.2) is 0 Å². The van der Waals surface area contributed by atoms with E-state index in [9.17, 15) is 9.90 Å². The van der Waals surface area contributed by atoms with Gasteiger partial charge in [0, 0.05) is 0 Å². The number of aromatic hydroxyl groups is 1. The molecule has 0 fully saturated rings. The van der Waals surface area contributed by atoms with Crippen LogP contribution in [0.4, 0.5) is 0 Å². The molecule has 16 heavy (non-hydrogen) atoms. The van der Waals surface area contributed by atoms with Gasteiger partial charge >= 0.3 is 0 Å². The van der Waals surface area contributed by atoms with E-state index in [-0.39, 0.29) is 17.1 Å². The van der Waals surface area contributed by atoms with Gasteiger partial charge in [0.2, 0.25) is 0 Å². The number of benzene rings is 1. The Morgan fingerprint density at radius 3 is 2.69 bits per heavy atom. The first kappa shape index (κ1) is 11.3. The van der Waals surface area contributed by atoms with Crippen molar-refractivity contribution in [3.05, 3.63) is 23.3 Å². The highest BCUT2D eigenvalue weighted by molar-refractivity contribution is 7.82. The molecule has 0 aliphatic carbocycles. The van der Waals surface area contributed by atoms with Crippen LogP contribution in [0, 0.1) is 6.92 Å². The number of hydrogen-bond acceptors (Lipinski definition) is 4. The Labute approximate surface area is 99.8 Å². The zero-order valence-electron chi connectivity index (χ0n) is 9.44. The number of hydrogen-bond donors (Lipinski definition) is 2. The zero-order valence-corrected chi connectivity index (χ0v) is 10.3. The van der Waals surface area contributed by atoms with Gasteiger partial charge in [0.05, 0.1) is 0 Å². The molecule has 0 bridgehead atoms. The second-order valence-electron chi connectivity index (χ2n) is 4.63. The Bertz CT molecular complexity index is 466. The van der Waals surface area contributed by atoms with Crippen molar-refractivity contribution in [3.63, 3.8) is 0 Å². The zero-order chi connectivity index (χ0) is 12.1. The van der Waals surface area contributed by atoms with Crippen molar-refractivity contribution >= 4 is 18.4 Å². The lowest BCUT2D eigenvalue weighted by Crippen LogP contribution is -2.47. The molecule has 1 aromatic carbocycles. The lowest BCUT2D eigenvalue weighted by molar-refractivity contribution is 0.0654. The van der Waals surface area contributed by atoms with Crippen molar-refractivity contribution in [2.45, 2.75) is 31.6 Å². The van der Waals surface area contributed by atoms with Crippen LogP contribution < -0.4 is 4.74 Å². The maximum absolute atomic E-state index is 12.0. The minimum absolute atomic E-state index is 0.0328. The Hall–Kier alpha value is -1.16. The molecule has 1 aromatic rings. The third-order valence-corrected chi connectivity index (χ3v) is 3.61. The number of phenolic OH excluding ortho intramolecular Hbond substituents is 1. The summed E-state index contributed by atoms with van der Waals surface area (Å²) in [6.45, 7) is 5.46. The molecule has 1 atom stereocenters. The van der Waals surface area contributed by atoms with E-state index in [4.69, 9.17) is 4.74 Å². The van der Waals surface area contributed by atoms with Crippen molar-refractivity contribution in [1.82, 2.24) is 0 Å². The smallest absolute Gasteiger partial charge is 0.187 e. The van der Waals surface area contributed by atoms with E-state index in [0.717, 1.165) is 5.56 Å². The van der Waals surface area contributed by atoms with Crippen LogP contribution in [0.15, 0.2) is 12.1 Å². The summed E-state index contributed by atoms with van der Waals surface area (Å²) in [5.41, 5.74) is 0.440. The molecule has 0 amide bonds. The molecule has 0 saturated heterocycles. The number of aryl methyl sites for hydroxylation is 1. The van der Waals surface area contributed by atoms with Crippen LogP contribution >= 0.6 is 12.6 Å². The van der Waals surface area contributed by atoms with E-state index >= 15 is 0 Å². The fraction of sp³-hybridized carbons (Fsp3) is 0.417. The van der Waals surface area contributed by atoms with Gasteiger partial charge in [-0.3, -0.25) is 4.79 Å². The van der Waals surface area contributed by atoms with E-state index in [1.165, 1.54) is 0 Å². The van der Waals surface area contributed by atoms with Crippen molar-refractivity contribution in [3.8, 4) is 11.5 Å². The van der Waals surface area contributed by atoms with Gasteiger partial charge in [0.1, 0.15) is 27.9 Å². The molecule has 0 aromatic heterocycles. The number of fused-ring (bicyclic) bond motifs is 1. The lowest BCUT2D eigenvalue weighted by Gasteiger charge is -2.36. The van der Waals surface area contributed by atoms with Gasteiger partial charge in [-0.15, -0.1) is 0 Å². The van der Waals surface area contributed by atoms with E-state index in [1.54, 1.807) is 12.1 Å². The molecule has 1 aliphatic heterocycles. The Kier molecular flexibility index (Phi) is 2.42. The third-order valence-electron chi connectivity index (χ3n) is 2.75. The van der Waals surface area contributed by atoms with Crippen LogP contribution in [0.2, 0.25) is 0 Å². The van der Waals surface area contributed by atoms with Crippen molar-refractivity contribution in [2.75, 3.05) is 0 Å². The van der Waals surface area contributed by atoms with Crippen LogP contribution in [0.25, 0.3) is 0 Å². The molecular weight excluding hydrogens is 224 g/mol. The number of carbonyl (C=O) groups is 1. The summed E-state index contributed by atoms with van der Waals surface area (Å²) in [6, 6.07) is 3.31. The molecule has 1 heterocycles. The molecule has 1 N–H and O–H groups in total. The van der Waals surface area contributed by atoms with E-state index < -0.39 is 10.9 Å². The maximum atomic E-state index is 12.0. The van der Waals surface area contributed by atoms with Gasteiger partial charge < -0.3 is 9.84 Å². The van der Waals surface area contributed by atoms with Crippen molar-refractivity contribution in [2.24, 2.45) is 0 Å². The predicted octanol–water partition coefficient (Wildman–Crippen LogP) is 2.35. The second-order valence-corrected chi connectivity index (χ2v) is 5.15. The average Bonchev–Trinajstić information content (AvgIpc) is 2.12. The summed E-state index contributed by atoms with van der Waals surface area (Å²) < 4.78 is 5.71. The summed E-state index contributed by atoms with van der Waals surface area (Å²) in [5, 5.41) is 9.20. The standard InChI is InChI=1S/C12H14O3S/c1-6-4-7(13)9-8(5-6)15-12(2,3)11(16)10(9)14/h4-5,11,13,16H,1-3H3. The predicted molar refractivity (Wildman–Crippen MR) is 64.7 cm³/mol. The first-order valence-corrected chi connectivity index (χ1v) is 5.59. The minimum atomic E-state index is -0.659. The summed E-state index contributed by atoms with van der Waals surface area (Å²) in [7, 11) is 0. The molecule has 1 aliphatic rings. The quantitative estimate of drug-likeness (QED) is 0.682. The maximum Gasteiger partial charge on any atom is 0.187 e. The molecule has 0 radical (unpaired) electrons. The number of ether oxygens (including phenoxy) is 1. The summed E-state index contributed by atoms with van der Waals surface area (Å²) >= 11 is 4.25. The molecule has 0 spiro atoms. The fourth-order valence-corrected chi connectivity index (χ4v) is 2.04. The Balaban J connectivity index is 2.64. The molecule has 0 saturated carbocycles. The number of phenols is 1. The van der Waals surface area contributed by atoms with Gasteiger partial charge in [-0.05, 0) is 38.5 Å². The largest absolute Gasteiger partial charge is 0.507 e. The van der Waals surface area contributed by atoms with Crippen LogP contribution in [0.5, 0.6) is 11.5 Å². The molecule has 2 rings (SSSR count). The first-order chi connectivity index (χ1) is 7.33. The second kappa shape index (κ2) is 3.42. The molecule has 86 valence electrons. The Morgan fingerprint density at radius 1 is 1.44 bits per heavy atom. The summed E-state index contributed by atoms with van der Waals surface area (Å²) in [6.07, 6.45) is 0. The van der Waals surface area contributed by atoms with E-state index in [1.807, 2.05) is 20.8 Å². The van der Waals surface area contributed by atoms with Crippen molar-refractivity contribution in [1.29, 1.82) is 0 Å². The molecule has 3 nitrogen and oxygen atoms in total. The number of carbonyl (C=O) groups excluding carboxylic acids is 1. The highest BCUT2D eigenvalue weighted by Crippen LogP contribution is 2.40. The first-order valence-electron chi connectivity index (χ1n) is 5.08. The highest BCUT2D eigenvalue weighted by atomic mass is 32.1. The van der Waals surface area contributed by atoms with Crippen LogP contribution in [0.3, 0.4) is 0 Å². The van der Waals surface area contributed by atoms with Gasteiger partial charge in [0.15, 0.2) is 5.78 Å². The topological polar surface area (TPSA) is 46.5 Å². The normalized spacial score (nSPS) is 22.5. The Morgan fingerprint density at radius 2 is 2.06 bits per heavy atom. The fourth-order valence-electron chi connectivity index (χ4n) is 1.85. The van der Waals surface area contributed by atoms with E-state index in [2.05, 4.69) is 12.6 Å². The van der Waals surface area contributed by atoms with Gasteiger partial charge in [-0.1, -0.05) is 0 Å². The summed E-state index contributed by atoms with van der Waals surface area (Å²) in [4.78, 5) is 12.0. The average molecular weight is 238 g/mol. The van der Waals surface area contributed by atoms with Gasteiger partial charge in [-0.2, -0.15) is 12.6 Å². The SMILES string of the molecule is Cc1cc(O)c2c(c1)OC(C)(C)C(S)C2=O. The lowest BCUT2D eigenvalue weighted by atomic mass is 9.91. The van der Waals surface area contributed by atoms with Gasteiger partial charge in [0.25, 0.3) is 0 Å². The molecule has 1 unspecified atom stereocenters. The minimum Gasteiger partial charge on any atom is -0.507 e. The number of ketones is 1. The number of Topliss-reactive ketones (excluding diaryl/α,β-unsaturated/α-hetero) is 1. The number of rotatable bonds is 0. The molecular formula is C12H14O3S. The summed E-state index contributed by atoms with van der Waals surface area (Å²) in [5.74, 6) is 0.222. The van der Waals surface area contributed by atoms with Crippen LogP contribution in [-0.2, 0) is 0 Å². The van der Waals surface area contributed by atoms with E-state index in [0.29, 0.717) is 5.75 Å². The van der Waals surface area contributed by atoms with Crippen molar-refractivity contribution < 1.29 is 14.6 Å². The highest BCUT2D eigenvalue weighted by Gasteiger charge is 2.42. The number of thiol groups is 1. The van der Waals surface area contributed by atoms with Crippen LogP contribution in [0.1, 0.15) is 29.8 Å². The van der Waals surface area contributed by atoms with Crippen LogP contribution in [-0.4, -0.2) is 21.7 Å².